The van der Waals surface area contributed by atoms with Gasteiger partial charge in [-0.25, -0.2) is 0 Å². The molecule has 0 atom stereocenters. The molecule has 156 valence electrons. The molecule has 3 aromatic carbocycles. The molecular weight excluding hydrogens is 400 g/mol. The first-order valence-electron chi connectivity index (χ1n) is 9.69. The van der Waals surface area contributed by atoms with Gasteiger partial charge in [0.25, 0.3) is 5.91 Å². The van der Waals surface area contributed by atoms with E-state index in [2.05, 4.69) is 0 Å². The van der Waals surface area contributed by atoms with E-state index in [0.29, 0.717) is 48.3 Å². The molecule has 3 aromatic rings. The van der Waals surface area contributed by atoms with Crippen LogP contribution in [0.5, 0.6) is 11.5 Å². The van der Waals surface area contributed by atoms with Gasteiger partial charge in [-0.1, -0.05) is 54.1 Å². The van der Waals surface area contributed by atoms with E-state index in [4.69, 9.17) is 26.8 Å². The number of hydrogen-bond acceptors (Lipinski definition) is 4. The number of hydrogen-bond donors (Lipinski definition) is 1. The molecule has 1 amide bonds. The van der Waals surface area contributed by atoms with Crippen molar-refractivity contribution in [3.8, 4) is 11.5 Å². The van der Waals surface area contributed by atoms with Gasteiger partial charge in [0.1, 0.15) is 18.1 Å². The lowest BCUT2D eigenvalue weighted by Crippen LogP contribution is -2.35. The molecule has 6 heteroatoms. The number of nitrogens with zero attached hydrogens (tertiary/aromatic N) is 1. The highest BCUT2D eigenvalue weighted by atomic mass is 35.5. The molecule has 0 saturated heterocycles. The lowest BCUT2D eigenvalue weighted by molar-refractivity contribution is 0.0743. The van der Waals surface area contributed by atoms with Gasteiger partial charge in [0, 0.05) is 30.7 Å². The molecule has 0 saturated carbocycles. The van der Waals surface area contributed by atoms with Crippen molar-refractivity contribution < 1.29 is 14.3 Å². The van der Waals surface area contributed by atoms with Crippen molar-refractivity contribution in [2.45, 2.75) is 13.2 Å². The molecule has 0 heterocycles. The fourth-order valence-corrected chi connectivity index (χ4v) is 3.18. The molecule has 3 rings (SSSR count). The van der Waals surface area contributed by atoms with Crippen LogP contribution in [-0.4, -0.2) is 31.0 Å². The van der Waals surface area contributed by atoms with Gasteiger partial charge in [0.15, 0.2) is 0 Å². The Kier molecular flexibility index (Phi) is 7.71. The molecule has 30 heavy (non-hydrogen) atoms. The summed E-state index contributed by atoms with van der Waals surface area (Å²) in [5.41, 5.74) is 8.23. The van der Waals surface area contributed by atoms with E-state index >= 15 is 0 Å². The molecule has 0 aliphatic carbocycles. The van der Waals surface area contributed by atoms with E-state index in [9.17, 15) is 4.79 Å². The van der Waals surface area contributed by atoms with E-state index in [0.717, 1.165) is 11.1 Å². The zero-order valence-corrected chi connectivity index (χ0v) is 17.6. The summed E-state index contributed by atoms with van der Waals surface area (Å²) < 4.78 is 11.3. The van der Waals surface area contributed by atoms with Crippen LogP contribution < -0.4 is 15.2 Å². The molecule has 2 N–H and O–H groups in total. The average Bonchev–Trinajstić information content (AvgIpc) is 2.79. The minimum absolute atomic E-state index is 0.152. The predicted molar refractivity (Wildman–Crippen MR) is 119 cm³/mol. The van der Waals surface area contributed by atoms with E-state index < -0.39 is 0 Å². The minimum Gasteiger partial charge on any atom is -0.497 e. The van der Waals surface area contributed by atoms with Gasteiger partial charge in [0.2, 0.25) is 0 Å². The average molecular weight is 425 g/mol. The number of carbonyl (C=O) groups is 1. The van der Waals surface area contributed by atoms with Crippen LogP contribution in [0.3, 0.4) is 0 Å². The second-order valence-electron chi connectivity index (χ2n) is 6.78. The van der Waals surface area contributed by atoms with Crippen molar-refractivity contribution in [2.75, 3.05) is 20.2 Å². The topological polar surface area (TPSA) is 64.8 Å². The molecule has 0 aliphatic heterocycles. The Morgan fingerprint density at radius 1 is 1.00 bits per heavy atom. The van der Waals surface area contributed by atoms with E-state index in [1.165, 1.54) is 0 Å². The summed E-state index contributed by atoms with van der Waals surface area (Å²) in [7, 11) is 1.58. The molecule has 0 aromatic heterocycles. The minimum atomic E-state index is -0.152. The molecule has 0 radical (unpaired) electrons. The van der Waals surface area contributed by atoms with Gasteiger partial charge in [-0.2, -0.15) is 0 Å². The van der Waals surface area contributed by atoms with Gasteiger partial charge >= 0.3 is 0 Å². The van der Waals surface area contributed by atoms with Crippen LogP contribution in [0.4, 0.5) is 0 Å². The lowest BCUT2D eigenvalue weighted by Gasteiger charge is -2.24. The van der Waals surface area contributed by atoms with Crippen LogP contribution in [-0.2, 0) is 13.2 Å². The number of methoxy groups -OCH3 is 1. The smallest absolute Gasteiger partial charge is 0.257 e. The third-order valence-electron chi connectivity index (χ3n) is 4.63. The number of benzene rings is 3. The van der Waals surface area contributed by atoms with Crippen molar-refractivity contribution in [3.63, 3.8) is 0 Å². The van der Waals surface area contributed by atoms with Crippen molar-refractivity contribution in [3.05, 3.63) is 94.5 Å². The molecule has 0 fully saturated rings. The highest BCUT2D eigenvalue weighted by Crippen LogP contribution is 2.27. The highest BCUT2D eigenvalue weighted by Gasteiger charge is 2.20. The maximum Gasteiger partial charge on any atom is 0.257 e. The molecule has 5 nitrogen and oxygen atoms in total. The first-order chi connectivity index (χ1) is 14.6. The van der Waals surface area contributed by atoms with Crippen LogP contribution in [0.2, 0.25) is 5.02 Å². The summed E-state index contributed by atoms with van der Waals surface area (Å²) in [6, 6.07) is 22.4. The van der Waals surface area contributed by atoms with E-state index in [1.807, 2.05) is 54.6 Å². The van der Waals surface area contributed by atoms with Gasteiger partial charge in [-0.05, 0) is 35.4 Å². The number of carbonyl (C=O) groups excluding carboxylic acids is 1. The quantitative estimate of drug-likeness (QED) is 0.548. The van der Waals surface area contributed by atoms with Crippen molar-refractivity contribution >= 4 is 17.5 Å². The third-order valence-corrected chi connectivity index (χ3v) is 4.88. The SMILES string of the molecule is COc1ccc(C(=O)N(CCN)Cc2ccc(Cl)cc2)c(OCc2ccccc2)c1. The highest BCUT2D eigenvalue weighted by molar-refractivity contribution is 6.30. The number of nitrogens with two attached hydrogens (primary N) is 1. The van der Waals surface area contributed by atoms with Gasteiger partial charge in [-0.15, -0.1) is 0 Å². The Morgan fingerprint density at radius 2 is 1.73 bits per heavy atom. The Labute approximate surface area is 182 Å². The van der Waals surface area contributed by atoms with Crippen molar-refractivity contribution in [2.24, 2.45) is 5.73 Å². The zero-order valence-electron chi connectivity index (χ0n) is 16.9. The van der Waals surface area contributed by atoms with Crippen LogP contribution in [0.1, 0.15) is 21.5 Å². The van der Waals surface area contributed by atoms with Crippen LogP contribution >= 0.6 is 11.6 Å². The van der Waals surface area contributed by atoms with Gasteiger partial charge in [0.05, 0.1) is 12.7 Å². The maximum absolute atomic E-state index is 13.4. The standard InChI is InChI=1S/C24H25ClN2O3/c1-29-21-11-12-22(23(15-21)30-17-19-5-3-2-4-6-19)24(28)27(14-13-26)16-18-7-9-20(25)10-8-18/h2-12,15H,13-14,16-17,26H2,1H3. The summed E-state index contributed by atoms with van der Waals surface area (Å²) in [4.78, 5) is 15.1. The largest absolute Gasteiger partial charge is 0.497 e. The van der Waals surface area contributed by atoms with Crippen molar-refractivity contribution in [1.29, 1.82) is 0 Å². The Morgan fingerprint density at radius 3 is 2.40 bits per heavy atom. The molecule has 0 spiro atoms. The van der Waals surface area contributed by atoms with E-state index in [1.54, 1.807) is 30.2 Å². The second kappa shape index (κ2) is 10.7. The first kappa shape index (κ1) is 21.7. The summed E-state index contributed by atoms with van der Waals surface area (Å²) >= 11 is 5.97. The summed E-state index contributed by atoms with van der Waals surface area (Å²) in [6.45, 7) is 1.56. The monoisotopic (exact) mass is 424 g/mol. The maximum atomic E-state index is 13.4. The van der Waals surface area contributed by atoms with Gasteiger partial charge in [-0.3, -0.25) is 4.79 Å². The number of ether oxygens (including phenoxy) is 2. The van der Waals surface area contributed by atoms with Crippen LogP contribution in [0.15, 0.2) is 72.8 Å². The predicted octanol–water partition coefficient (Wildman–Crippen LogP) is 4.53. The lowest BCUT2D eigenvalue weighted by atomic mass is 10.1. The first-order valence-corrected chi connectivity index (χ1v) is 10.1. The third kappa shape index (κ3) is 5.75. The number of amides is 1. The van der Waals surface area contributed by atoms with Crippen LogP contribution in [0.25, 0.3) is 0 Å². The molecule has 0 aliphatic rings. The molecular formula is C24H25ClN2O3. The fraction of sp³-hybridized carbons (Fsp3) is 0.208. The normalized spacial score (nSPS) is 10.5. The number of halogens is 1. The summed E-state index contributed by atoms with van der Waals surface area (Å²) in [5.74, 6) is 0.945. The molecule has 0 unspecified atom stereocenters. The Balaban J connectivity index is 1.84. The Hall–Kier alpha value is -3.02. The van der Waals surface area contributed by atoms with E-state index in [-0.39, 0.29) is 5.91 Å². The van der Waals surface area contributed by atoms with Crippen LogP contribution in [0, 0.1) is 0 Å². The van der Waals surface area contributed by atoms with Crippen molar-refractivity contribution in [1.82, 2.24) is 4.90 Å². The molecule has 0 bridgehead atoms. The number of rotatable bonds is 9. The summed E-state index contributed by atoms with van der Waals surface area (Å²) in [6.07, 6.45) is 0. The van der Waals surface area contributed by atoms with Gasteiger partial charge < -0.3 is 20.1 Å². The Bertz CT molecular complexity index is 962. The second-order valence-corrected chi connectivity index (χ2v) is 7.21. The fourth-order valence-electron chi connectivity index (χ4n) is 3.05. The zero-order chi connectivity index (χ0) is 21.3. The summed E-state index contributed by atoms with van der Waals surface area (Å²) in [5, 5.41) is 0.655.